The number of amides is 1. The van der Waals surface area contributed by atoms with E-state index in [0.717, 1.165) is 24.3 Å². The Morgan fingerprint density at radius 2 is 2.17 bits per heavy atom. The van der Waals surface area contributed by atoms with Crippen molar-refractivity contribution < 1.29 is 9.53 Å². The molecule has 18 heavy (non-hydrogen) atoms. The topological polar surface area (TPSA) is 50.4 Å². The largest absolute Gasteiger partial charge is 0.483 e. The van der Waals surface area contributed by atoms with Crippen LogP contribution in [0.2, 0.25) is 0 Å². The molecule has 0 heterocycles. The molecule has 2 N–H and O–H groups in total. The molecule has 0 unspecified atom stereocenters. The predicted molar refractivity (Wildman–Crippen MR) is 72.7 cm³/mol. The van der Waals surface area contributed by atoms with Crippen molar-refractivity contribution in [2.24, 2.45) is 0 Å². The summed E-state index contributed by atoms with van der Waals surface area (Å²) in [5.74, 6) is 0.689. The number of nitrogens with one attached hydrogen (secondary N) is 2. The Bertz CT molecular complexity index is 391. The Balaban J connectivity index is 2.58. The number of carbonyl (C=O) groups excluding carboxylic acids is 1. The first-order valence-corrected chi connectivity index (χ1v) is 6.31. The molecule has 0 aliphatic rings. The van der Waals surface area contributed by atoms with Crippen LogP contribution >= 0.6 is 0 Å². The van der Waals surface area contributed by atoms with Gasteiger partial charge in [0.1, 0.15) is 5.75 Å². The van der Waals surface area contributed by atoms with Gasteiger partial charge in [-0.1, -0.05) is 24.6 Å². The fourth-order valence-electron chi connectivity index (χ4n) is 1.64. The number of aryl methyl sites for hydroxylation is 1. The van der Waals surface area contributed by atoms with Crippen molar-refractivity contribution in [1.82, 2.24) is 10.6 Å². The highest BCUT2D eigenvalue weighted by molar-refractivity contribution is 5.77. The monoisotopic (exact) mass is 250 g/mol. The van der Waals surface area contributed by atoms with Gasteiger partial charge in [-0.2, -0.15) is 0 Å². The van der Waals surface area contributed by atoms with E-state index in [1.165, 1.54) is 5.56 Å². The number of hydrogen-bond donors (Lipinski definition) is 2. The molecule has 1 amide bonds. The van der Waals surface area contributed by atoms with E-state index in [1.54, 1.807) is 0 Å². The van der Waals surface area contributed by atoms with Crippen molar-refractivity contribution in [2.75, 3.05) is 20.2 Å². The first kappa shape index (κ1) is 14.5. The Labute approximate surface area is 109 Å². The van der Waals surface area contributed by atoms with E-state index in [9.17, 15) is 4.79 Å². The van der Waals surface area contributed by atoms with Crippen molar-refractivity contribution in [3.8, 4) is 5.75 Å². The number of ether oxygens (including phenoxy) is 1. The predicted octanol–water partition coefficient (Wildman–Crippen LogP) is 1.62. The lowest BCUT2D eigenvalue weighted by molar-refractivity contribution is -0.123. The molecule has 100 valence electrons. The molecular formula is C14H22N2O2. The van der Waals surface area contributed by atoms with Gasteiger partial charge < -0.3 is 15.4 Å². The van der Waals surface area contributed by atoms with Crippen LogP contribution in [-0.2, 0) is 11.3 Å². The van der Waals surface area contributed by atoms with E-state index in [-0.39, 0.29) is 12.5 Å². The quantitative estimate of drug-likeness (QED) is 0.773. The van der Waals surface area contributed by atoms with Crippen LogP contribution < -0.4 is 15.4 Å². The van der Waals surface area contributed by atoms with E-state index < -0.39 is 0 Å². The summed E-state index contributed by atoms with van der Waals surface area (Å²) >= 11 is 0. The third kappa shape index (κ3) is 4.75. The van der Waals surface area contributed by atoms with Crippen LogP contribution in [0.15, 0.2) is 18.2 Å². The lowest BCUT2D eigenvalue weighted by Crippen LogP contribution is -2.29. The van der Waals surface area contributed by atoms with Crippen LogP contribution in [0.3, 0.4) is 0 Å². The third-order valence-electron chi connectivity index (χ3n) is 2.51. The number of hydrogen-bond acceptors (Lipinski definition) is 3. The van der Waals surface area contributed by atoms with E-state index in [1.807, 2.05) is 33.0 Å². The summed E-state index contributed by atoms with van der Waals surface area (Å²) in [7, 11) is 1.89. The van der Waals surface area contributed by atoms with Gasteiger partial charge in [-0.15, -0.1) is 0 Å². The highest BCUT2D eigenvalue weighted by atomic mass is 16.5. The Kier molecular flexibility index (Phi) is 6.22. The molecular weight excluding hydrogens is 228 g/mol. The second-order valence-corrected chi connectivity index (χ2v) is 4.28. The minimum Gasteiger partial charge on any atom is -0.483 e. The van der Waals surface area contributed by atoms with Gasteiger partial charge in [-0.25, -0.2) is 0 Å². The summed E-state index contributed by atoms with van der Waals surface area (Å²) in [5.41, 5.74) is 2.25. The zero-order chi connectivity index (χ0) is 13.4. The van der Waals surface area contributed by atoms with Crippen LogP contribution in [0.25, 0.3) is 0 Å². The van der Waals surface area contributed by atoms with Gasteiger partial charge >= 0.3 is 0 Å². The highest BCUT2D eigenvalue weighted by Gasteiger charge is 2.06. The fourth-order valence-corrected chi connectivity index (χ4v) is 1.64. The van der Waals surface area contributed by atoms with E-state index in [4.69, 9.17) is 4.74 Å². The van der Waals surface area contributed by atoms with E-state index in [2.05, 4.69) is 16.7 Å². The maximum atomic E-state index is 11.5. The minimum atomic E-state index is -0.0761. The maximum absolute atomic E-state index is 11.5. The first-order valence-electron chi connectivity index (χ1n) is 6.31. The average Bonchev–Trinajstić information content (AvgIpc) is 2.36. The second-order valence-electron chi connectivity index (χ2n) is 4.28. The number of carbonyl (C=O) groups is 1. The van der Waals surface area contributed by atoms with E-state index in [0.29, 0.717) is 6.54 Å². The molecule has 4 heteroatoms. The molecule has 0 aromatic heterocycles. The van der Waals surface area contributed by atoms with Gasteiger partial charge in [0, 0.05) is 18.7 Å². The van der Waals surface area contributed by atoms with Crippen LogP contribution in [0.5, 0.6) is 5.75 Å². The fraction of sp³-hybridized carbons (Fsp3) is 0.500. The SMILES string of the molecule is CCCNC(=O)COc1ccc(C)cc1CNC. The summed E-state index contributed by atoms with van der Waals surface area (Å²) in [6.07, 6.45) is 0.932. The van der Waals surface area contributed by atoms with Crippen molar-refractivity contribution in [3.05, 3.63) is 29.3 Å². The molecule has 0 saturated heterocycles. The van der Waals surface area contributed by atoms with Crippen LogP contribution in [0.4, 0.5) is 0 Å². The Morgan fingerprint density at radius 3 is 2.83 bits per heavy atom. The smallest absolute Gasteiger partial charge is 0.257 e. The molecule has 0 radical (unpaired) electrons. The van der Waals surface area contributed by atoms with Gasteiger partial charge in [0.25, 0.3) is 5.91 Å². The number of benzene rings is 1. The van der Waals surface area contributed by atoms with Gasteiger partial charge in [0.05, 0.1) is 0 Å². The van der Waals surface area contributed by atoms with Crippen molar-refractivity contribution in [3.63, 3.8) is 0 Å². The van der Waals surface area contributed by atoms with Crippen LogP contribution in [-0.4, -0.2) is 26.1 Å². The summed E-state index contributed by atoms with van der Waals surface area (Å²) in [5, 5.41) is 5.88. The summed E-state index contributed by atoms with van der Waals surface area (Å²) < 4.78 is 5.55. The lowest BCUT2D eigenvalue weighted by Gasteiger charge is -2.12. The molecule has 0 atom stereocenters. The minimum absolute atomic E-state index is 0.0692. The van der Waals surface area contributed by atoms with Gasteiger partial charge in [0.15, 0.2) is 6.61 Å². The highest BCUT2D eigenvalue weighted by Crippen LogP contribution is 2.19. The zero-order valence-electron chi connectivity index (χ0n) is 11.4. The van der Waals surface area contributed by atoms with Gasteiger partial charge in [-0.3, -0.25) is 4.79 Å². The average molecular weight is 250 g/mol. The molecule has 1 rings (SSSR count). The summed E-state index contributed by atoms with van der Waals surface area (Å²) in [6.45, 7) is 5.55. The normalized spacial score (nSPS) is 10.2. The molecule has 0 bridgehead atoms. The molecule has 0 aliphatic carbocycles. The molecule has 1 aromatic rings. The second kappa shape index (κ2) is 7.71. The molecule has 0 fully saturated rings. The summed E-state index contributed by atoms with van der Waals surface area (Å²) in [4.78, 5) is 11.5. The molecule has 4 nitrogen and oxygen atoms in total. The Hall–Kier alpha value is -1.55. The van der Waals surface area contributed by atoms with Crippen LogP contribution in [0.1, 0.15) is 24.5 Å². The molecule has 0 saturated carbocycles. The molecule has 0 aliphatic heterocycles. The van der Waals surface area contributed by atoms with Gasteiger partial charge in [-0.05, 0) is 26.5 Å². The molecule has 1 aromatic carbocycles. The van der Waals surface area contributed by atoms with Crippen molar-refractivity contribution in [1.29, 1.82) is 0 Å². The third-order valence-corrected chi connectivity index (χ3v) is 2.51. The Morgan fingerprint density at radius 1 is 1.39 bits per heavy atom. The van der Waals surface area contributed by atoms with E-state index >= 15 is 0 Å². The van der Waals surface area contributed by atoms with Crippen LogP contribution in [0, 0.1) is 6.92 Å². The standard InChI is InChI=1S/C14H22N2O2/c1-4-7-16-14(17)10-18-13-6-5-11(2)8-12(13)9-15-3/h5-6,8,15H,4,7,9-10H2,1-3H3,(H,16,17). The van der Waals surface area contributed by atoms with Crippen molar-refractivity contribution >= 4 is 5.91 Å². The maximum Gasteiger partial charge on any atom is 0.257 e. The summed E-state index contributed by atoms with van der Waals surface area (Å²) in [6, 6.07) is 5.96. The van der Waals surface area contributed by atoms with Crippen molar-refractivity contribution in [2.45, 2.75) is 26.8 Å². The number of rotatable bonds is 7. The molecule has 0 spiro atoms. The first-order chi connectivity index (χ1) is 8.67. The lowest BCUT2D eigenvalue weighted by atomic mass is 10.1. The van der Waals surface area contributed by atoms with Gasteiger partial charge in [0.2, 0.25) is 0 Å². The zero-order valence-corrected chi connectivity index (χ0v) is 11.4.